The molecule has 8 nitrogen and oxygen atoms in total. The second-order valence-corrected chi connectivity index (χ2v) is 10.2. The van der Waals surface area contributed by atoms with Crippen LogP contribution in [-0.4, -0.2) is 54.6 Å². The number of ether oxygens (including phenoxy) is 2. The summed E-state index contributed by atoms with van der Waals surface area (Å²) in [5, 5.41) is 0. The summed E-state index contributed by atoms with van der Waals surface area (Å²) in [6, 6.07) is 4.60. The zero-order valence-electron chi connectivity index (χ0n) is 16.5. The average Bonchev–Trinajstić information content (AvgIpc) is 2.73. The number of rotatable bonds is 6. The van der Waals surface area contributed by atoms with Crippen LogP contribution in [0.1, 0.15) is 5.56 Å². The van der Waals surface area contributed by atoms with E-state index in [4.69, 9.17) is 9.47 Å². The van der Waals surface area contributed by atoms with Gasteiger partial charge in [0.1, 0.15) is 16.5 Å². The van der Waals surface area contributed by atoms with Crippen molar-refractivity contribution in [2.75, 3.05) is 38.1 Å². The predicted molar refractivity (Wildman–Crippen MR) is 105 cm³/mol. The molecule has 14 heteroatoms. The second kappa shape index (κ2) is 8.84. The van der Waals surface area contributed by atoms with Crippen LogP contribution in [0.2, 0.25) is 0 Å². The number of hydrogen-bond acceptors (Lipinski definition) is 6. The van der Waals surface area contributed by atoms with Crippen LogP contribution in [-0.2, 0) is 31.0 Å². The molecular weight excluding hydrogens is 480 g/mol. The van der Waals surface area contributed by atoms with Crippen LogP contribution in [0.3, 0.4) is 0 Å². The van der Waals surface area contributed by atoms with Crippen LogP contribution >= 0.6 is 0 Å². The van der Waals surface area contributed by atoms with Crippen LogP contribution in [0.15, 0.2) is 46.2 Å². The molecule has 3 rings (SSSR count). The monoisotopic (exact) mass is 498 g/mol. The molecule has 1 saturated heterocycles. The lowest BCUT2D eigenvalue weighted by Gasteiger charge is -2.26. The minimum atomic E-state index is -5.10. The molecule has 0 unspecified atom stereocenters. The predicted octanol–water partition coefficient (Wildman–Crippen LogP) is 2.67. The van der Waals surface area contributed by atoms with E-state index in [-0.39, 0.29) is 48.7 Å². The standard InChI is InChI=1S/C18H18F4N2O6S2/c1-29-16-5-2-12(10-17(16)32(27,28)24-6-8-30-9-7-24)23-31(25,26)13-3-4-15(19)14(11-13)18(20,21)22/h2-5,10-11,23H,6-9H2,1H3. The number of nitrogens with one attached hydrogen (secondary N) is 1. The lowest BCUT2D eigenvalue weighted by molar-refractivity contribution is -0.140. The average molecular weight is 498 g/mol. The van der Waals surface area contributed by atoms with E-state index in [0.29, 0.717) is 12.1 Å². The zero-order chi connectivity index (χ0) is 23.7. The van der Waals surface area contributed by atoms with Gasteiger partial charge in [0.15, 0.2) is 0 Å². The molecule has 1 heterocycles. The number of nitrogens with zero attached hydrogens (tertiary/aromatic N) is 1. The summed E-state index contributed by atoms with van der Waals surface area (Å²) in [6.45, 7) is 0.522. The van der Waals surface area contributed by atoms with Gasteiger partial charge in [-0.3, -0.25) is 4.72 Å². The summed E-state index contributed by atoms with van der Waals surface area (Å²) in [5.41, 5.74) is -1.98. The topological polar surface area (TPSA) is 102 Å². The zero-order valence-corrected chi connectivity index (χ0v) is 18.2. The molecule has 0 saturated carbocycles. The molecular formula is C18H18F4N2O6S2. The van der Waals surface area contributed by atoms with Crippen molar-refractivity contribution >= 4 is 25.7 Å². The molecule has 0 amide bonds. The Bertz CT molecular complexity index is 1210. The van der Waals surface area contributed by atoms with Crippen molar-refractivity contribution in [3.63, 3.8) is 0 Å². The van der Waals surface area contributed by atoms with Gasteiger partial charge < -0.3 is 9.47 Å². The molecule has 1 N–H and O–H groups in total. The Labute approximate surface area is 181 Å². The van der Waals surface area contributed by atoms with Gasteiger partial charge in [-0.25, -0.2) is 21.2 Å². The highest BCUT2D eigenvalue weighted by Gasteiger charge is 2.35. The van der Waals surface area contributed by atoms with Gasteiger partial charge in [-0.05, 0) is 36.4 Å². The third kappa shape index (κ3) is 4.98. The fourth-order valence-electron chi connectivity index (χ4n) is 2.97. The Morgan fingerprint density at radius 3 is 2.28 bits per heavy atom. The fourth-order valence-corrected chi connectivity index (χ4v) is 5.64. The SMILES string of the molecule is COc1ccc(NS(=O)(=O)c2ccc(F)c(C(F)(F)F)c2)cc1S(=O)(=O)N1CCOCC1. The van der Waals surface area contributed by atoms with Crippen molar-refractivity contribution in [1.82, 2.24) is 4.31 Å². The van der Waals surface area contributed by atoms with Gasteiger partial charge in [-0.2, -0.15) is 17.5 Å². The Morgan fingerprint density at radius 1 is 1.03 bits per heavy atom. The van der Waals surface area contributed by atoms with E-state index >= 15 is 0 Å². The molecule has 0 aliphatic carbocycles. The van der Waals surface area contributed by atoms with Crippen LogP contribution in [0.4, 0.5) is 23.2 Å². The van der Waals surface area contributed by atoms with E-state index in [1.807, 2.05) is 4.72 Å². The summed E-state index contributed by atoms with van der Waals surface area (Å²) < 4.78 is 117. The number of sulfonamides is 2. The lowest BCUT2D eigenvalue weighted by atomic mass is 10.2. The third-order valence-electron chi connectivity index (χ3n) is 4.56. The van der Waals surface area contributed by atoms with Crippen molar-refractivity contribution in [3.05, 3.63) is 47.8 Å². The number of alkyl halides is 3. The van der Waals surface area contributed by atoms with Crippen LogP contribution in [0, 0.1) is 5.82 Å². The number of methoxy groups -OCH3 is 1. The smallest absolute Gasteiger partial charge is 0.419 e. The molecule has 0 bridgehead atoms. The molecule has 1 aliphatic heterocycles. The first-order valence-electron chi connectivity index (χ1n) is 9.02. The Balaban J connectivity index is 1.98. The highest BCUT2D eigenvalue weighted by Crippen LogP contribution is 2.34. The summed E-state index contributed by atoms with van der Waals surface area (Å²) in [6.07, 6.45) is -5.10. The molecule has 0 aromatic heterocycles. The maximum Gasteiger partial charge on any atom is 0.419 e. The molecule has 0 radical (unpaired) electrons. The molecule has 32 heavy (non-hydrogen) atoms. The maximum atomic E-state index is 13.5. The van der Waals surface area contributed by atoms with E-state index in [1.165, 1.54) is 19.2 Å². The van der Waals surface area contributed by atoms with E-state index in [9.17, 15) is 34.4 Å². The Morgan fingerprint density at radius 2 is 1.69 bits per heavy atom. The van der Waals surface area contributed by atoms with Crippen molar-refractivity contribution in [2.24, 2.45) is 0 Å². The van der Waals surface area contributed by atoms with Crippen LogP contribution in [0.5, 0.6) is 5.75 Å². The lowest BCUT2D eigenvalue weighted by Crippen LogP contribution is -2.40. The van der Waals surface area contributed by atoms with Gasteiger partial charge in [0.05, 0.1) is 36.5 Å². The van der Waals surface area contributed by atoms with Crippen LogP contribution < -0.4 is 9.46 Å². The van der Waals surface area contributed by atoms with Gasteiger partial charge >= 0.3 is 6.18 Å². The quantitative estimate of drug-likeness (QED) is 0.615. The van der Waals surface area contributed by atoms with Crippen molar-refractivity contribution < 1.29 is 43.9 Å². The number of anilines is 1. The number of morpholine rings is 1. The Kier molecular flexibility index (Phi) is 6.70. The minimum absolute atomic E-state index is 0.0550. The largest absolute Gasteiger partial charge is 0.495 e. The number of halogens is 4. The molecule has 2 aromatic carbocycles. The van der Waals surface area contributed by atoms with E-state index in [2.05, 4.69) is 0 Å². The van der Waals surface area contributed by atoms with Crippen LogP contribution in [0.25, 0.3) is 0 Å². The third-order valence-corrected chi connectivity index (χ3v) is 7.86. The highest BCUT2D eigenvalue weighted by molar-refractivity contribution is 7.92. The summed E-state index contributed by atoms with van der Waals surface area (Å²) in [4.78, 5) is -1.18. The van der Waals surface area contributed by atoms with E-state index in [0.717, 1.165) is 10.4 Å². The first-order valence-corrected chi connectivity index (χ1v) is 11.9. The van der Waals surface area contributed by atoms with E-state index < -0.39 is 42.5 Å². The van der Waals surface area contributed by atoms with Crippen molar-refractivity contribution in [2.45, 2.75) is 16.0 Å². The normalized spacial score (nSPS) is 16.0. The summed E-state index contributed by atoms with van der Waals surface area (Å²) >= 11 is 0. The summed E-state index contributed by atoms with van der Waals surface area (Å²) in [5.74, 6) is -1.68. The highest BCUT2D eigenvalue weighted by atomic mass is 32.2. The van der Waals surface area contributed by atoms with Crippen molar-refractivity contribution in [3.8, 4) is 5.75 Å². The van der Waals surface area contributed by atoms with Crippen molar-refractivity contribution in [1.29, 1.82) is 0 Å². The number of benzene rings is 2. The molecule has 0 spiro atoms. The van der Waals surface area contributed by atoms with Gasteiger partial charge in [0.25, 0.3) is 10.0 Å². The second-order valence-electron chi connectivity index (χ2n) is 6.63. The molecule has 176 valence electrons. The first-order chi connectivity index (χ1) is 14.9. The summed E-state index contributed by atoms with van der Waals surface area (Å²) in [7, 11) is -7.46. The molecule has 0 atom stereocenters. The first kappa shape index (κ1) is 24.2. The molecule has 2 aromatic rings. The Hall–Kier alpha value is -2.42. The minimum Gasteiger partial charge on any atom is -0.495 e. The van der Waals surface area contributed by atoms with E-state index in [1.54, 1.807) is 0 Å². The fraction of sp³-hybridized carbons (Fsp3) is 0.333. The molecule has 1 aliphatic rings. The van der Waals surface area contributed by atoms with Gasteiger partial charge in [-0.1, -0.05) is 0 Å². The van der Waals surface area contributed by atoms with Gasteiger partial charge in [0.2, 0.25) is 10.0 Å². The van der Waals surface area contributed by atoms with Gasteiger partial charge in [-0.15, -0.1) is 0 Å². The van der Waals surface area contributed by atoms with Gasteiger partial charge in [0, 0.05) is 13.1 Å². The maximum absolute atomic E-state index is 13.5. The molecule has 1 fully saturated rings. The number of hydrogen-bond donors (Lipinski definition) is 1.